The number of carbonyl (C=O) groups excluding carboxylic acids is 1. The first-order valence-corrected chi connectivity index (χ1v) is 11.9. The largest absolute Gasteiger partial charge is 0.497 e. The molecule has 0 spiro atoms. The number of nitrogens with zero attached hydrogens (tertiary/aromatic N) is 3. The van der Waals surface area contributed by atoms with Gasteiger partial charge in [-0.3, -0.25) is 9.69 Å². The van der Waals surface area contributed by atoms with Crippen LogP contribution in [0.5, 0.6) is 11.5 Å². The second-order valence-corrected chi connectivity index (χ2v) is 9.15. The van der Waals surface area contributed by atoms with Crippen LogP contribution in [0.3, 0.4) is 0 Å². The van der Waals surface area contributed by atoms with Gasteiger partial charge in [0.1, 0.15) is 23.4 Å². The minimum absolute atomic E-state index is 0.108. The van der Waals surface area contributed by atoms with Crippen molar-refractivity contribution in [3.8, 4) is 17.6 Å². The first-order valence-electron chi connectivity index (χ1n) is 11.9. The van der Waals surface area contributed by atoms with E-state index in [-0.39, 0.29) is 18.6 Å². The molecule has 182 valence electrons. The van der Waals surface area contributed by atoms with Crippen LogP contribution in [0.1, 0.15) is 48.1 Å². The van der Waals surface area contributed by atoms with Gasteiger partial charge >= 0.3 is 0 Å². The van der Waals surface area contributed by atoms with Crippen LogP contribution in [0.15, 0.2) is 18.2 Å². The highest BCUT2D eigenvalue weighted by atomic mass is 16.5. The second-order valence-electron chi connectivity index (χ2n) is 9.15. The van der Waals surface area contributed by atoms with Crippen LogP contribution in [-0.4, -0.2) is 54.9 Å². The molecule has 1 N–H and O–H groups in total. The van der Waals surface area contributed by atoms with E-state index in [1.807, 2.05) is 36.6 Å². The number of nitrogens with one attached hydrogen (secondary N) is 1. The zero-order chi connectivity index (χ0) is 24.2. The molecule has 1 unspecified atom stereocenters. The quantitative estimate of drug-likeness (QED) is 0.573. The van der Waals surface area contributed by atoms with Crippen LogP contribution in [-0.2, 0) is 22.6 Å². The van der Waals surface area contributed by atoms with Gasteiger partial charge in [-0.05, 0) is 63.3 Å². The Bertz CT molecular complexity index is 1080. The molecular formula is C26H34N4O4. The minimum Gasteiger partial charge on any atom is -0.497 e. The normalized spacial score (nSPS) is 17.6. The summed E-state index contributed by atoms with van der Waals surface area (Å²) in [6.45, 7) is 6.14. The number of anilines is 1. The molecule has 8 heteroatoms. The van der Waals surface area contributed by atoms with Gasteiger partial charge in [0.2, 0.25) is 5.91 Å². The zero-order valence-electron chi connectivity index (χ0n) is 20.5. The fourth-order valence-corrected chi connectivity index (χ4v) is 4.68. The van der Waals surface area contributed by atoms with Crippen LogP contribution >= 0.6 is 0 Å². The number of amides is 1. The van der Waals surface area contributed by atoms with Crippen molar-refractivity contribution in [3.05, 3.63) is 40.6 Å². The topological polar surface area (TPSA) is 88.8 Å². The molecular weight excluding hydrogens is 432 g/mol. The number of hydrogen-bond acceptors (Lipinski definition) is 6. The van der Waals surface area contributed by atoms with Crippen molar-refractivity contribution in [2.24, 2.45) is 0 Å². The molecule has 1 saturated carbocycles. The maximum absolute atomic E-state index is 13.2. The lowest BCUT2D eigenvalue weighted by molar-refractivity contribution is -0.117. The first kappa shape index (κ1) is 24.1. The van der Waals surface area contributed by atoms with Gasteiger partial charge in [-0.1, -0.05) is 0 Å². The first-order chi connectivity index (χ1) is 16.4. The van der Waals surface area contributed by atoms with E-state index in [1.54, 1.807) is 14.2 Å². The van der Waals surface area contributed by atoms with Gasteiger partial charge in [0.05, 0.1) is 39.0 Å². The monoisotopic (exact) mass is 466 g/mol. The fraction of sp³-hybridized carbons (Fsp3) is 0.538. The Morgan fingerprint density at radius 3 is 2.68 bits per heavy atom. The molecule has 1 aromatic carbocycles. The standard InChI is InChI=1S/C26H34N4O4/c1-17-18(2)30(15-22-6-5-11-34-22)26(23(17)13-27)28-25(31)16-29(20-7-8-20)14-19-12-21(32-3)9-10-24(19)33-4/h9-10,12,20,22H,5-8,11,14-16H2,1-4H3,(H,28,31). The molecule has 4 rings (SSSR count). The predicted molar refractivity (Wildman–Crippen MR) is 129 cm³/mol. The predicted octanol–water partition coefficient (Wildman–Crippen LogP) is 3.78. The fourth-order valence-electron chi connectivity index (χ4n) is 4.68. The van der Waals surface area contributed by atoms with Gasteiger partial charge in [-0.15, -0.1) is 0 Å². The highest BCUT2D eigenvalue weighted by Gasteiger charge is 2.32. The molecule has 2 aromatic rings. The van der Waals surface area contributed by atoms with E-state index in [0.29, 0.717) is 30.5 Å². The lowest BCUT2D eigenvalue weighted by Gasteiger charge is -2.23. The van der Waals surface area contributed by atoms with Gasteiger partial charge in [0.15, 0.2) is 0 Å². The summed E-state index contributed by atoms with van der Waals surface area (Å²) in [4.78, 5) is 15.4. The van der Waals surface area contributed by atoms with E-state index in [1.165, 1.54) is 0 Å². The molecule has 1 saturated heterocycles. The summed E-state index contributed by atoms with van der Waals surface area (Å²) in [5, 5.41) is 12.9. The summed E-state index contributed by atoms with van der Waals surface area (Å²) >= 11 is 0. The van der Waals surface area contributed by atoms with Crippen LogP contribution in [0.25, 0.3) is 0 Å². The van der Waals surface area contributed by atoms with E-state index in [0.717, 1.165) is 60.6 Å². The molecule has 1 aliphatic heterocycles. The van der Waals surface area contributed by atoms with Gasteiger partial charge in [0.25, 0.3) is 0 Å². The van der Waals surface area contributed by atoms with Crippen molar-refractivity contribution in [1.29, 1.82) is 5.26 Å². The number of nitriles is 1. The number of ether oxygens (including phenoxy) is 3. The molecule has 1 amide bonds. The van der Waals surface area contributed by atoms with Gasteiger partial charge in [-0.2, -0.15) is 5.26 Å². The highest BCUT2D eigenvalue weighted by molar-refractivity contribution is 5.93. The summed E-state index contributed by atoms with van der Waals surface area (Å²) in [5.41, 5.74) is 3.39. The molecule has 2 heterocycles. The summed E-state index contributed by atoms with van der Waals surface area (Å²) < 4.78 is 18.8. The van der Waals surface area contributed by atoms with Crippen molar-refractivity contribution in [3.63, 3.8) is 0 Å². The summed E-state index contributed by atoms with van der Waals surface area (Å²) in [7, 11) is 3.29. The SMILES string of the molecule is COc1ccc(OC)c(CN(CC(=O)Nc2c(C#N)c(C)c(C)n2CC2CCCO2)C2CC2)c1. The maximum atomic E-state index is 13.2. The van der Waals surface area contributed by atoms with Crippen LogP contribution in [0.4, 0.5) is 5.82 Å². The van der Waals surface area contributed by atoms with Crippen LogP contribution < -0.4 is 14.8 Å². The molecule has 2 aliphatic rings. The average Bonchev–Trinajstić information content (AvgIpc) is 3.52. The van der Waals surface area contributed by atoms with E-state index in [2.05, 4.69) is 16.3 Å². The van der Waals surface area contributed by atoms with Crippen LogP contribution in [0, 0.1) is 25.2 Å². The Kier molecular flexibility index (Phi) is 7.44. The smallest absolute Gasteiger partial charge is 0.239 e. The van der Waals surface area contributed by atoms with Gasteiger partial charge in [-0.25, -0.2) is 0 Å². The Hall–Kier alpha value is -3.02. The summed E-state index contributed by atoms with van der Waals surface area (Å²) in [6.07, 6.45) is 4.27. The van der Waals surface area contributed by atoms with Crippen LogP contribution in [0.2, 0.25) is 0 Å². The number of methoxy groups -OCH3 is 2. The molecule has 1 aliphatic carbocycles. The molecule has 34 heavy (non-hydrogen) atoms. The second kappa shape index (κ2) is 10.5. The zero-order valence-corrected chi connectivity index (χ0v) is 20.5. The van der Waals surface area contributed by atoms with E-state index in [4.69, 9.17) is 14.2 Å². The molecule has 0 bridgehead atoms. The van der Waals surface area contributed by atoms with Gasteiger partial charge < -0.3 is 24.1 Å². The summed E-state index contributed by atoms with van der Waals surface area (Å²) in [6, 6.07) is 8.37. The van der Waals surface area contributed by atoms with Crippen molar-refractivity contribution in [1.82, 2.24) is 9.47 Å². The van der Waals surface area contributed by atoms with Gasteiger partial charge in [0, 0.05) is 30.5 Å². The van der Waals surface area contributed by atoms with Crippen molar-refractivity contribution in [2.75, 3.05) is 32.7 Å². The average molecular weight is 467 g/mol. The molecule has 1 aromatic heterocycles. The van der Waals surface area contributed by atoms with E-state index >= 15 is 0 Å². The Morgan fingerprint density at radius 1 is 1.26 bits per heavy atom. The molecule has 2 fully saturated rings. The van der Waals surface area contributed by atoms with Crippen molar-refractivity contribution >= 4 is 11.7 Å². The molecule has 1 atom stereocenters. The Labute approximate surface area is 201 Å². The number of hydrogen-bond donors (Lipinski definition) is 1. The Balaban J connectivity index is 1.52. The number of benzene rings is 1. The third-order valence-electron chi connectivity index (χ3n) is 6.88. The van der Waals surface area contributed by atoms with E-state index < -0.39 is 0 Å². The van der Waals surface area contributed by atoms with Crippen molar-refractivity contribution in [2.45, 2.75) is 64.8 Å². The molecule has 8 nitrogen and oxygen atoms in total. The number of aromatic nitrogens is 1. The molecule has 0 radical (unpaired) electrons. The highest BCUT2D eigenvalue weighted by Crippen LogP contribution is 2.32. The maximum Gasteiger partial charge on any atom is 0.239 e. The lowest BCUT2D eigenvalue weighted by atomic mass is 10.1. The lowest BCUT2D eigenvalue weighted by Crippen LogP contribution is -2.35. The number of rotatable bonds is 10. The number of carbonyl (C=O) groups is 1. The van der Waals surface area contributed by atoms with Crippen molar-refractivity contribution < 1.29 is 19.0 Å². The minimum atomic E-state index is -0.128. The third kappa shape index (κ3) is 5.21. The third-order valence-corrected chi connectivity index (χ3v) is 6.88. The summed E-state index contributed by atoms with van der Waals surface area (Å²) in [5.74, 6) is 1.98. The van der Waals surface area contributed by atoms with E-state index in [9.17, 15) is 10.1 Å². The Morgan fingerprint density at radius 2 is 2.06 bits per heavy atom.